The molecule has 1 unspecified atom stereocenters. The van der Waals surface area contributed by atoms with Gasteiger partial charge in [0.2, 0.25) is 0 Å². The highest BCUT2D eigenvalue weighted by atomic mass is 19.1. The Balaban J connectivity index is 2.20. The van der Waals surface area contributed by atoms with Crippen LogP contribution < -0.4 is 5.73 Å². The Bertz CT molecular complexity index is 389. The predicted octanol–water partition coefficient (Wildman–Crippen LogP) is 1.86. The SMILES string of the molecule is Cc1cc(F)ccc1C(CN)N1CCCOCC1. The fraction of sp³-hybridized carbons (Fsp3) is 0.571. The van der Waals surface area contributed by atoms with Crippen molar-refractivity contribution in [3.63, 3.8) is 0 Å². The summed E-state index contributed by atoms with van der Waals surface area (Å²) in [4.78, 5) is 2.34. The van der Waals surface area contributed by atoms with Gasteiger partial charge in [0.15, 0.2) is 0 Å². The largest absolute Gasteiger partial charge is 0.380 e. The lowest BCUT2D eigenvalue weighted by atomic mass is 9.99. The standard InChI is InChI=1S/C14H21FN2O/c1-11-9-12(15)3-4-13(11)14(10-16)17-5-2-7-18-8-6-17/h3-4,9,14H,2,5-8,10,16H2,1H3. The van der Waals surface area contributed by atoms with Crippen LogP contribution in [-0.2, 0) is 4.74 Å². The van der Waals surface area contributed by atoms with E-state index in [9.17, 15) is 4.39 Å². The van der Waals surface area contributed by atoms with Crippen LogP contribution >= 0.6 is 0 Å². The predicted molar refractivity (Wildman–Crippen MR) is 69.9 cm³/mol. The minimum Gasteiger partial charge on any atom is -0.380 e. The Hall–Kier alpha value is -0.970. The van der Waals surface area contributed by atoms with Gasteiger partial charge in [-0.15, -0.1) is 0 Å². The van der Waals surface area contributed by atoms with Gasteiger partial charge in [0.05, 0.1) is 6.61 Å². The molecule has 1 aliphatic heterocycles. The summed E-state index contributed by atoms with van der Waals surface area (Å²) in [6.07, 6.45) is 1.02. The third-order valence-electron chi connectivity index (χ3n) is 3.51. The molecule has 4 heteroatoms. The quantitative estimate of drug-likeness (QED) is 0.892. The van der Waals surface area contributed by atoms with Crippen molar-refractivity contribution in [1.82, 2.24) is 4.90 Å². The van der Waals surface area contributed by atoms with Crippen molar-refractivity contribution >= 4 is 0 Å². The lowest BCUT2D eigenvalue weighted by molar-refractivity contribution is 0.132. The fourth-order valence-electron chi connectivity index (χ4n) is 2.56. The molecule has 1 aromatic rings. The summed E-state index contributed by atoms with van der Waals surface area (Å²) in [5.41, 5.74) is 8.01. The number of nitrogens with two attached hydrogens (primary N) is 1. The molecular weight excluding hydrogens is 231 g/mol. The van der Waals surface area contributed by atoms with Crippen LogP contribution in [0.4, 0.5) is 4.39 Å². The Morgan fingerprint density at radius 2 is 2.22 bits per heavy atom. The maximum Gasteiger partial charge on any atom is 0.123 e. The zero-order valence-corrected chi connectivity index (χ0v) is 10.9. The number of benzene rings is 1. The highest BCUT2D eigenvalue weighted by Gasteiger charge is 2.21. The summed E-state index contributed by atoms with van der Waals surface area (Å²) in [6, 6.07) is 5.10. The number of ether oxygens (including phenoxy) is 1. The van der Waals surface area contributed by atoms with E-state index in [1.165, 1.54) is 6.07 Å². The van der Waals surface area contributed by atoms with E-state index in [4.69, 9.17) is 10.5 Å². The zero-order valence-electron chi connectivity index (χ0n) is 10.9. The van der Waals surface area contributed by atoms with Crippen LogP contribution in [0.5, 0.6) is 0 Å². The lowest BCUT2D eigenvalue weighted by Crippen LogP contribution is -2.36. The molecule has 0 saturated carbocycles. The van der Waals surface area contributed by atoms with Crippen LogP contribution in [0.1, 0.15) is 23.6 Å². The van der Waals surface area contributed by atoms with E-state index in [-0.39, 0.29) is 11.9 Å². The van der Waals surface area contributed by atoms with Crippen LogP contribution in [0.25, 0.3) is 0 Å². The van der Waals surface area contributed by atoms with E-state index < -0.39 is 0 Å². The van der Waals surface area contributed by atoms with Gasteiger partial charge in [-0.3, -0.25) is 4.90 Å². The van der Waals surface area contributed by atoms with Crippen LogP contribution in [0.2, 0.25) is 0 Å². The lowest BCUT2D eigenvalue weighted by Gasteiger charge is -2.30. The first-order valence-corrected chi connectivity index (χ1v) is 6.50. The first-order valence-electron chi connectivity index (χ1n) is 6.50. The van der Waals surface area contributed by atoms with E-state index in [2.05, 4.69) is 4.90 Å². The first kappa shape index (κ1) is 13.5. The van der Waals surface area contributed by atoms with Crippen molar-refractivity contribution in [1.29, 1.82) is 0 Å². The Kier molecular flexibility index (Phi) is 4.69. The Morgan fingerprint density at radius 3 is 2.94 bits per heavy atom. The molecule has 0 aromatic heterocycles. The van der Waals surface area contributed by atoms with Crippen molar-refractivity contribution in [2.75, 3.05) is 32.8 Å². The molecule has 1 aromatic carbocycles. The number of hydrogen-bond acceptors (Lipinski definition) is 3. The van der Waals surface area contributed by atoms with E-state index in [1.54, 1.807) is 6.07 Å². The van der Waals surface area contributed by atoms with Crippen LogP contribution in [0, 0.1) is 12.7 Å². The van der Waals surface area contributed by atoms with Gasteiger partial charge in [0.25, 0.3) is 0 Å². The molecule has 0 amide bonds. The Labute approximate surface area is 108 Å². The number of hydrogen-bond donors (Lipinski definition) is 1. The van der Waals surface area contributed by atoms with Crippen molar-refractivity contribution < 1.29 is 9.13 Å². The second-order valence-electron chi connectivity index (χ2n) is 4.75. The van der Waals surface area contributed by atoms with Gasteiger partial charge in [-0.25, -0.2) is 4.39 Å². The molecule has 2 rings (SSSR count). The van der Waals surface area contributed by atoms with Gasteiger partial charge in [0, 0.05) is 32.3 Å². The molecule has 1 fully saturated rings. The minimum absolute atomic E-state index is 0.160. The second-order valence-corrected chi connectivity index (χ2v) is 4.75. The molecule has 0 bridgehead atoms. The molecule has 1 saturated heterocycles. The van der Waals surface area contributed by atoms with Crippen LogP contribution in [-0.4, -0.2) is 37.7 Å². The molecule has 18 heavy (non-hydrogen) atoms. The maximum absolute atomic E-state index is 13.2. The van der Waals surface area contributed by atoms with Crippen molar-refractivity contribution in [2.45, 2.75) is 19.4 Å². The topological polar surface area (TPSA) is 38.5 Å². The van der Waals surface area contributed by atoms with E-state index >= 15 is 0 Å². The van der Waals surface area contributed by atoms with Crippen molar-refractivity contribution in [3.05, 3.63) is 35.1 Å². The molecule has 1 atom stereocenters. The van der Waals surface area contributed by atoms with E-state index in [0.29, 0.717) is 6.54 Å². The summed E-state index contributed by atoms with van der Waals surface area (Å²) in [6.45, 7) is 5.92. The Morgan fingerprint density at radius 1 is 1.39 bits per heavy atom. The number of halogens is 1. The van der Waals surface area contributed by atoms with Gasteiger partial charge < -0.3 is 10.5 Å². The molecule has 0 spiro atoms. The molecule has 0 radical (unpaired) electrons. The van der Waals surface area contributed by atoms with E-state index in [1.807, 2.05) is 13.0 Å². The van der Waals surface area contributed by atoms with Gasteiger partial charge >= 0.3 is 0 Å². The van der Waals surface area contributed by atoms with Crippen LogP contribution in [0.15, 0.2) is 18.2 Å². The molecule has 100 valence electrons. The average Bonchev–Trinajstić information content (AvgIpc) is 2.62. The van der Waals surface area contributed by atoms with Gasteiger partial charge in [-0.2, -0.15) is 0 Å². The average molecular weight is 252 g/mol. The molecular formula is C14H21FN2O. The second kappa shape index (κ2) is 6.27. The fourth-order valence-corrected chi connectivity index (χ4v) is 2.56. The summed E-state index contributed by atoms with van der Waals surface area (Å²) in [5, 5.41) is 0. The smallest absolute Gasteiger partial charge is 0.123 e. The number of rotatable bonds is 3. The van der Waals surface area contributed by atoms with Gasteiger partial charge in [-0.05, 0) is 36.6 Å². The first-order chi connectivity index (χ1) is 8.72. The number of nitrogens with zero attached hydrogens (tertiary/aromatic N) is 1. The summed E-state index contributed by atoms with van der Waals surface area (Å²) in [7, 11) is 0. The zero-order chi connectivity index (χ0) is 13.0. The van der Waals surface area contributed by atoms with Gasteiger partial charge in [0.1, 0.15) is 5.82 Å². The molecule has 1 heterocycles. The maximum atomic E-state index is 13.2. The summed E-state index contributed by atoms with van der Waals surface area (Å²) in [5.74, 6) is -0.189. The van der Waals surface area contributed by atoms with Crippen molar-refractivity contribution in [3.8, 4) is 0 Å². The highest BCUT2D eigenvalue weighted by Crippen LogP contribution is 2.24. The van der Waals surface area contributed by atoms with E-state index in [0.717, 1.165) is 43.9 Å². The minimum atomic E-state index is -0.189. The monoisotopic (exact) mass is 252 g/mol. The molecule has 3 nitrogen and oxygen atoms in total. The normalized spacial score (nSPS) is 19.5. The highest BCUT2D eigenvalue weighted by molar-refractivity contribution is 5.30. The molecule has 0 aliphatic carbocycles. The summed E-state index contributed by atoms with van der Waals surface area (Å²) < 4.78 is 18.6. The third-order valence-corrected chi connectivity index (χ3v) is 3.51. The van der Waals surface area contributed by atoms with Crippen molar-refractivity contribution in [2.24, 2.45) is 5.73 Å². The number of aryl methyl sites for hydroxylation is 1. The summed E-state index contributed by atoms with van der Waals surface area (Å²) >= 11 is 0. The molecule has 2 N–H and O–H groups in total. The third kappa shape index (κ3) is 3.07. The van der Waals surface area contributed by atoms with Gasteiger partial charge in [-0.1, -0.05) is 6.07 Å². The van der Waals surface area contributed by atoms with Crippen LogP contribution in [0.3, 0.4) is 0 Å². The molecule has 1 aliphatic rings.